The molecule has 0 aromatic heterocycles. The zero-order chi connectivity index (χ0) is 13.3. The molecule has 19 heavy (non-hydrogen) atoms. The highest BCUT2D eigenvalue weighted by molar-refractivity contribution is 9.10. The maximum absolute atomic E-state index is 13.4. The highest BCUT2D eigenvalue weighted by atomic mass is 79.9. The molecule has 0 bridgehead atoms. The van der Waals surface area contributed by atoms with E-state index in [1.54, 1.807) is 0 Å². The minimum Gasteiger partial charge on any atom is -0.329 e. The van der Waals surface area contributed by atoms with Crippen LogP contribution in [-0.2, 0) is 10.0 Å². The molecular formula is C11H15BrClFN2O2S. The van der Waals surface area contributed by atoms with Crippen LogP contribution < -0.4 is 5.73 Å². The Labute approximate surface area is 126 Å². The fourth-order valence-corrected chi connectivity index (χ4v) is 4.10. The minimum absolute atomic E-state index is 0. The lowest BCUT2D eigenvalue weighted by Gasteiger charge is -2.22. The van der Waals surface area contributed by atoms with Crippen LogP contribution in [0, 0.1) is 5.82 Å². The van der Waals surface area contributed by atoms with Gasteiger partial charge in [-0.1, -0.05) is 0 Å². The molecule has 1 saturated heterocycles. The number of sulfonamides is 1. The van der Waals surface area contributed by atoms with E-state index in [0.29, 0.717) is 6.54 Å². The number of rotatable bonds is 3. The molecule has 1 aliphatic heterocycles. The Balaban J connectivity index is 0.00000180. The van der Waals surface area contributed by atoms with E-state index in [9.17, 15) is 12.8 Å². The van der Waals surface area contributed by atoms with Crippen LogP contribution in [0.25, 0.3) is 0 Å². The molecule has 0 spiro atoms. The molecule has 108 valence electrons. The van der Waals surface area contributed by atoms with Crippen molar-refractivity contribution < 1.29 is 12.8 Å². The van der Waals surface area contributed by atoms with Gasteiger partial charge in [-0.05, 0) is 47.0 Å². The van der Waals surface area contributed by atoms with Gasteiger partial charge in [0.2, 0.25) is 10.0 Å². The first kappa shape index (κ1) is 16.8. The highest BCUT2D eigenvalue weighted by Crippen LogP contribution is 2.27. The molecule has 1 fully saturated rings. The van der Waals surface area contributed by atoms with Crippen LogP contribution in [0.5, 0.6) is 0 Å². The quantitative estimate of drug-likeness (QED) is 0.883. The second kappa shape index (κ2) is 6.49. The third-order valence-corrected chi connectivity index (χ3v) is 5.68. The number of nitrogens with two attached hydrogens (primary N) is 1. The maximum atomic E-state index is 13.4. The zero-order valence-electron chi connectivity index (χ0n) is 10.1. The molecule has 4 nitrogen and oxygen atoms in total. The van der Waals surface area contributed by atoms with Crippen LogP contribution in [0.1, 0.15) is 12.8 Å². The summed E-state index contributed by atoms with van der Waals surface area (Å²) in [4.78, 5) is -0.0245. The monoisotopic (exact) mass is 372 g/mol. The Bertz CT molecular complexity index is 556. The molecule has 0 radical (unpaired) electrons. The second-order valence-corrected chi connectivity index (χ2v) is 6.97. The average Bonchev–Trinajstić information content (AvgIpc) is 2.81. The van der Waals surface area contributed by atoms with Crippen LogP contribution in [0.2, 0.25) is 0 Å². The van der Waals surface area contributed by atoms with Gasteiger partial charge in [0.05, 0.1) is 9.37 Å². The van der Waals surface area contributed by atoms with Gasteiger partial charge in [0.15, 0.2) is 0 Å². The summed E-state index contributed by atoms with van der Waals surface area (Å²) < 4.78 is 39.8. The van der Waals surface area contributed by atoms with Gasteiger partial charge in [0.25, 0.3) is 0 Å². The van der Waals surface area contributed by atoms with Crippen LogP contribution in [-0.4, -0.2) is 31.9 Å². The second-order valence-electron chi connectivity index (χ2n) is 4.22. The molecule has 1 aliphatic rings. The Kier molecular flexibility index (Phi) is 5.76. The fraction of sp³-hybridized carbons (Fsp3) is 0.455. The molecule has 0 saturated carbocycles. The smallest absolute Gasteiger partial charge is 0.243 e. The normalized spacial score (nSPS) is 20.3. The standard InChI is InChI=1S/C11H14BrFN2O2S.ClH/c12-10-4-3-9(6-11(10)13)18(16,17)15-5-1-2-8(15)7-14;/h3-4,6,8H,1-2,5,7,14H2;1H. The van der Waals surface area contributed by atoms with E-state index < -0.39 is 15.8 Å². The van der Waals surface area contributed by atoms with E-state index >= 15 is 0 Å². The first-order valence-corrected chi connectivity index (χ1v) is 7.87. The van der Waals surface area contributed by atoms with Crippen molar-refractivity contribution in [1.82, 2.24) is 4.31 Å². The molecule has 1 aromatic rings. The summed E-state index contributed by atoms with van der Waals surface area (Å²) in [5, 5.41) is 0. The first-order valence-electron chi connectivity index (χ1n) is 5.64. The van der Waals surface area contributed by atoms with Crippen molar-refractivity contribution in [2.24, 2.45) is 5.73 Å². The third-order valence-electron chi connectivity index (χ3n) is 3.09. The maximum Gasteiger partial charge on any atom is 0.243 e. The Morgan fingerprint density at radius 1 is 1.47 bits per heavy atom. The SMILES string of the molecule is Cl.NCC1CCCN1S(=O)(=O)c1ccc(Br)c(F)c1. The lowest BCUT2D eigenvalue weighted by molar-refractivity contribution is 0.392. The molecule has 8 heteroatoms. The molecule has 1 aromatic carbocycles. The van der Waals surface area contributed by atoms with Gasteiger partial charge in [-0.25, -0.2) is 12.8 Å². The summed E-state index contributed by atoms with van der Waals surface area (Å²) in [5.41, 5.74) is 5.57. The van der Waals surface area contributed by atoms with Crippen molar-refractivity contribution in [3.05, 3.63) is 28.5 Å². The van der Waals surface area contributed by atoms with Gasteiger partial charge >= 0.3 is 0 Å². The van der Waals surface area contributed by atoms with Crippen LogP contribution >= 0.6 is 28.3 Å². The Morgan fingerprint density at radius 3 is 2.74 bits per heavy atom. The summed E-state index contributed by atoms with van der Waals surface area (Å²) in [6.07, 6.45) is 1.55. The van der Waals surface area contributed by atoms with Crippen LogP contribution in [0.4, 0.5) is 4.39 Å². The molecule has 0 aliphatic carbocycles. The van der Waals surface area contributed by atoms with E-state index in [4.69, 9.17) is 5.73 Å². The number of benzene rings is 1. The molecule has 1 unspecified atom stereocenters. The number of hydrogen-bond donors (Lipinski definition) is 1. The van der Waals surface area contributed by atoms with Gasteiger partial charge in [0, 0.05) is 19.1 Å². The predicted molar refractivity (Wildman–Crippen MR) is 77.3 cm³/mol. The van der Waals surface area contributed by atoms with Crippen molar-refractivity contribution in [2.45, 2.75) is 23.8 Å². The molecule has 1 heterocycles. The summed E-state index contributed by atoms with van der Waals surface area (Å²) in [7, 11) is -3.65. The molecule has 2 N–H and O–H groups in total. The number of halogens is 3. The topological polar surface area (TPSA) is 63.4 Å². The molecule has 1 atom stereocenters. The largest absolute Gasteiger partial charge is 0.329 e. The van der Waals surface area contributed by atoms with E-state index in [2.05, 4.69) is 15.9 Å². The average molecular weight is 374 g/mol. The van der Waals surface area contributed by atoms with Gasteiger partial charge in [-0.2, -0.15) is 4.31 Å². The summed E-state index contributed by atoms with van der Waals surface area (Å²) in [5.74, 6) is -0.584. The highest BCUT2D eigenvalue weighted by Gasteiger charge is 2.34. The molecule has 2 rings (SSSR count). The lowest BCUT2D eigenvalue weighted by atomic mass is 10.2. The van der Waals surface area contributed by atoms with Gasteiger partial charge in [-0.3, -0.25) is 0 Å². The summed E-state index contributed by atoms with van der Waals surface area (Å²) >= 11 is 3.00. The van der Waals surface area contributed by atoms with Crippen molar-refractivity contribution in [1.29, 1.82) is 0 Å². The van der Waals surface area contributed by atoms with Crippen molar-refractivity contribution in [3.8, 4) is 0 Å². The van der Waals surface area contributed by atoms with E-state index in [-0.39, 0.29) is 34.4 Å². The summed E-state index contributed by atoms with van der Waals surface area (Å²) in [6, 6.07) is 3.65. The van der Waals surface area contributed by atoms with Crippen LogP contribution in [0.3, 0.4) is 0 Å². The van der Waals surface area contributed by atoms with Crippen molar-refractivity contribution in [2.75, 3.05) is 13.1 Å². The summed E-state index contributed by atoms with van der Waals surface area (Å²) in [6.45, 7) is 0.736. The Morgan fingerprint density at radius 2 is 2.16 bits per heavy atom. The minimum atomic E-state index is -3.65. The number of nitrogens with zero attached hydrogens (tertiary/aromatic N) is 1. The van der Waals surface area contributed by atoms with Gasteiger partial charge in [-0.15, -0.1) is 12.4 Å². The van der Waals surface area contributed by atoms with Crippen LogP contribution in [0.15, 0.2) is 27.6 Å². The first-order chi connectivity index (χ1) is 8.46. The predicted octanol–water partition coefficient (Wildman–Crippen LogP) is 2.12. The lowest BCUT2D eigenvalue weighted by Crippen LogP contribution is -2.39. The van der Waals surface area contributed by atoms with E-state index in [1.165, 1.54) is 16.4 Å². The van der Waals surface area contributed by atoms with E-state index in [0.717, 1.165) is 18.9 Å². The Hall–Kier alpha value is -0.210. The van der Waals surface area contributed by atoms with Gasteiger partial charge in [0.1, 0.15) is 5.82 Å². The van der Waals surface area contributed by atoms with Crippen molar-refractivity contribution >= 4 is 38.4 Å². The van der Waals surface area contributed by atoms with E-state index in [1.807, 2.05) is 0 Å². The third kappa shape index (κ3) is 3.28. The van der Waals surface area contributed by atoms with Crippen molar-refractivity contribution in [3.63, 3.8) is 0 Å². The molecule has 0 amide bonds. The molecular weight excluding hydrogens is 359 g/mol. The zero-order valence-corrected chi connectivity index (χ0v) is 13.3. The number of hydrogen-bond acceptors (Lipinski definition) is 3. The van der Waals surface area contributed by atoms with Gasteiger partial charge < -0.3 is 5.73 Å². The fourth-order valence-electron chi connectivity index (χ4n) is 2.13.